The molecular weight excluding hydrogens is 324 g/mol. The molecule has 0 bridgehead atoms. The standard InChI is InChI=1S/C18H20N2O3S/c1-20(17(10-21)13-3-5-16(22-2)6-4-13)9-15-12-24-18(19-15)14-7-8-23-11-14/h3-8,11-12,17,21H,9-10H2,1-2H3. The summed E-state index contributed by atoms with van der Waals surface area (Å²) in [5.41, 5.74) is 3.01. The smallest absolute Gasteiger partial charge is 0.126 e. The second-order valence-corrected chi connectivity index (χ2v) is 6.40. The van der Waals surface area contributed by atoms with Crippen LogP contribution in [0.4, 0.5) is 0 Å². The van der Waals surface area contributed by atoms with Crippen molar-refractivity contribution in [2.75, 3.05) is 20.8 Å². The Bertz CT molecular complexity index is 753. The number of thiazole rings is 1. The largest absolute Gasteiger partial charge is 0.497 e. The van der Waals surface area contributed by atoms with Gasteiger partial charge in [-0.2, -0.15) is 0 Å². The fraction of sp³-hybridized carbons (Fsp3) is 0.278. The van der Waals surface area contributed by atoms with Crippen molar-refractivity contribution in [3.05, 3.63) is 59.5 Å². The van der Waals surface area contributed by atoms with Crippen molar-refractivity contribution < 1.29 is 14.3 Å². The third-order valence-electron chi connectivity index (χ3n) is 3.94. The van der Waals surface area contributed by atoms with Gasteiger partial charge >= 0.3 is 0 Å². The lowest BCUT2D eigenvalue weighted by Gasteiger charge is -2.26. The normalized spacial score (nSPS) is 12.5. The summed E-state index contributed by atoms with van der Waals surface area (Å²) in [5.74, 6) is 0.808. The molecule has 5 nitrogen and oxygen atoms in total. The predicted octanol–water partition coefficient (Wildman–Crippen LogP) is 3.58. The van der Waals surface area contributed by atoms with Crippen LogP contribution >= 0.6 is 11.3 Å². The second kappa shape index (κ2) is 7.61. The molecule has 0 amide bonds. The van der Waals surface area contributed by atoms with Crippen LogP contribution in [-0.4, -0.2) is 35.8 Å². The van der Waals surface area contributed by atoms with E-state index in [2.05, 4.69) is 9.88 Å². The number of nitrogens with zero attached hydrogens (tertiary/aromatic N) is 2. The van der Waals surface area contributed by atoms with Crippen molar-refractivity contribution >= 4 is 11.3 Å². The first-order valence-electron chi connectivity index (χ1n) is 7.63. The molecule has 3 aromatic rings. The molecule has 126 valence electrons. The highest BCUT2D eigenvalue weighted by Gasteiger charge is 2.18. The van der Waals surface area contributed by atoms with Crippen LogP contribution in [0.3, 0.4) is 0 Å². The van der Waals surface area contributed by atoms with Crippen molar-refractivity contribution in [3.8, 4) is 16.3 Å². The number of furan rings is 1. The van der Waals surface area contributed by atoms with Gasteiger partial charge in [0.2, 0.25) is 0 Å². The monoisotopic (exact) mass is 344 g/mol. The van der Waals surface area contributed by atoms with Gasteiger partial charge in [0.1, 0.15) is 17.0 Å². The molecule has 6 heteroatoms. The van der Waals surface area contributed by atoms with Crippen LogP contribution in [0.5, 0.6) is 5.75 Å². The molecule has 0 saturated carbocycles. The number of aliphatic hydroxyl groups is 1. The van der Waals surface area contributed by atoms with E-state index in [1.807, 2.05) is 42.8 Å². The number of hydrogen-bond acceptors (Lipinski definition) is 6. The van der Waals surface area contributed by atoms with Crippen molar-refractivity contribution in [1.29, 1.82) is 0 Å². The lowest BCUT2D eigenvalue weighted by atomic mass is 10.1. The maximum absolute atomic E-state index is 9.81. The predicted molar refractivity (Wildman–Crippen MR) is 94.1 cm³/mol. The highest BCUT2D eigenvalue weighted by atomic mass is 32.1. The van der Waals surface area contributed by atoms with Crippen molar-refractivity contribution in [2.24, 2.45) is 0 Å². The average Bonchev–Trinajstić information content (AvgIpc) is 3.27. The van der Waals surface area contributed by atoms with Crippen molar-refractivity contribution in [1.82, 2.24) is 9.88 Å². The Balaban J connectivity index is 1.71. The lowest BCUT2D eigenvalue weighted by Crippen LogP contribution is -2.27. The number of rotatable bonds is 7. The van der Waals surface area contributed by atoms with Crippen LogP contribution in [0.2, 0.25) is 0 Å². The van der Waals surface area contributed by atoms with E-state index in [-0.39, 0.29) is 12.6 Å². The number of ether oxygens (including phenoxy) is 1. The Morgan fingerprint density at radius 1 is 1.29 bits per heavy atom. The first-order chi connectivity index (χ1) is 11.7. The van der Waals surface area contributed by atoms with Gasteiger partial charge in [-0.05, 0) is 30.8 Å². The minimum Gasteiger partial charge on any atom is -0.497 e. The SMILES string of the molecule is COc1ccc(C(CO)N(C)Cc2csc(-c3ccoc3)n2)cc1. The zero-order valence-electron chi connectivity index (χ0n) is 13.7. The molecule has 2 heterocycles. The number of aromatic nitrogens is 1. The first kappa shape index (κ1) is 16.7. The van der Waals surface area contributed by atoms with E-state index in [9.17, 15) is 5.11 Å². The van der Waals surface area contributed by atoms with E-state index in [1.54, 1.807) is 31.0 Å². The van der Waals surface area contributed by atoms with Gasteiger partial charge in [-0.3, -0.25) is 4.90 Å². The van der Waals surface area contributed by atoms with E-state index in [4.69, 9.17) is 9.15 Å². The number of aliphatic hydroxyl groups excluding tert-OH is 1. The molecular formula is C18H20N2O3S. The van der Waals surface area contributed by atoms with E-state index >= 15 is 0 Å². The number of methoxy groups -OCH3 is 1. The quantitative estimate of drug-likeness (QED) is 0.710. The molecule has 0 aliphatic rings. The summed E-state index contributed by atoms with van der Waals surface area (Å²) in [6.45, 7) is 0.702. The van der Waals surface area contributed by atoms with Crippen LogP contribution in [-0.2, 0) is 6.54 Å². The number of benzene rings is 1. The van der Waals surface area contributed by atoms with Crippen LogP contribution < -0.4 is 4.74 Å². The third-order valence-corrected chi connectivity index (χ3v) is 4.88. The molecule has 1 aromatic carbocycles. The maximum atomic E-state index is 9.81. The van der Waals surface area contributed by atoms with Gasteiger partial charge in [-0.1, -0.05) is 12.1 Å². The number of likely N-dealkylation sites (N-methyl/N-ethyl adjacent to an activating group) is 1. The molecule has 24 heavy (non-hydrogen) atoms. The summed E-state index contributed by atoms with van der Waals surface area (Å²) < 4.78 is 10.3. The molecule has 0 aliphatic heterocycles. The molecule has 0 spiro atoms. The Hall–Kier alpha value is -2.15. The minimum absolute atomic E-state index is 0.0432. The molecule has 0 fully saturated rings. The third kappa shape index (κ3) is 3.67. The van der Waals surface area contributed by atoms with Gasteiger partial charge in [0.15, 0.2) is 0 Å². The van der Waals surface area contributed by atoms with Crippen LogP contribution in [0.25, 0.3) is 10.6 Å². The van der Waals surface area contributed by atoms with Crippen molar-refractivity contribution in [3.63, 3.8) is 0 Å². The zero-order valence-corrected chi connectivity index (χ0v) is 14.5. The molecule has 0 aliphatic carbocycles. The van der Waals surface area contributed by atoms with E-state index in [0.717, 1.165) is 27.6 Å². The fourth-order valence-corrected chi connectivity index (χ4v) is 3.39. The van der Waals surface area contributed by atoms with Gasteiger partial charge < -0.3 is 14.3 Å². The molecule has 2 aromatic heterocycles. The Morgan fingerprint density at radius 3 is 2.71 bits per heavy atom. The van der Waals surface area contributed by atoms with Gasteiger partial charge in [0.05, 0.1) is 31.7 Å². The molecule has 1 N–H and O–H groups in total. The molecule has 0 saturated heterocycles. The fourth-order valence-electron chi connectivity index (χ4n) is 2.59. The summed E-state index contributed by atoms with van der Waals surface area (Å²) in [6, 6.07) is 9.59. The first-order valence-corrected chi connectivity index (χ1v) is 8.51. The van der Waals surface area contributed by atoms with Crippen LogP contribution in [0, 0.1) is 0 Å². The van der Waals surface area contributed by atoms with E-state index in [1.165, 1.54) is 0 Å². The molecule has 3 rings (SSSR count). The minimum atomic E-state index is -0.0880. The van der Waals surface area contributed by atoms with Crippen LogP contribution in [0.15, 0.2) is 52.7 Å². The van der Waals surface area contributed by atoms with Gasteiger partial charge in [0.25, 0.3) is 0 Å². The average molecular weight is 344 g/mol. The Labute approximate surface area is 145 Å². The van der Waals surface area contributed by atoms with Crippen molar-refractivity contribution in [2.45, 2.75) is 12.6 Å². The van der Waals surface area contributed by atoms with E-state index in [0.29, 0.717) is 6.54 Å². The van der Waals surface area contributed by atoms with Gasteiger partial charge in [-0.25, -0.2) is 4.98 Å². The van der Waals surface area contributed by atoms with Gasteiger partial charge in [0, 0.05) is 17.5 Å². The maximum Gasteiger partial charge on any atom is 0.126 e. The number of hydrogen-bond donors (Lipinski definition) is 1. The summed E-state index contributed by atoms with van der Waals surface area (Å²) in [5, 5.41) is 12.8. The second-order valence-electron chi connectivity index (χ2n) is 5.54. The summed E-state index contributed by atoms with van der Waals surface area (Å²) in [4.78, 5) is 6.74. The summed E-state index contributed by atoms with van der Waals surface area (Å²) >= 11 is 1.59. The zero-order chi connectivity index (χ0) is 16.9. The van der Waals surface area contributed by atoms with Crippen LogP contribution in [0.1, 0.15) is 17.3 Å². The highest BCUT2D eigenvalue weighted by molar-refractivity contribution is 7.13. The highest BCUT2D eigenvalue weighted by Crippen LogP contribution is 2.27. The summed E-state index contributed by atoms with van der Waals surface area (Å²) in [7, 11) is 3.63. The molecule has 1 atom stereocenters. The molecule has 0 radical (unpaired) electrons. The van der Waals surface area contributed by atoms with E-state index < -0.39 is 0 Å². The topological polar surface area (TPSA) is 58.7 Å². The Kier molecular flexibility index (Phi) is 5.30. The Morgan fingerprint density at radius 2 is 2.08 bits per heavy atom. The van der Waals surface area contributed by atoms with Gasteiger partial charge in [-0.15, -0.1) is 11.3 Å². The molecule has 1 unspecified atom stereocenters. The lowest BCUT2D eigenvalue weighted by molar-refractivity contribution is 0.141. The summed E-state index contributed by atoms with van der Waals surface area (Å²) in [6.07, 6.45) is 3.34.